The SMILES string of the molecule is CCCCN1C(=O)c2ccc3c4c(-c5ccc(N(c6ccccc6)c6ccccc6)cc5)cc5c6c(ccc(c7c(-c8ccc(N(c9ccccc9)c9ccccc9)cc8)cc(c2c37)C1=O)c64)C(=O)N(CCCC)C5=O. The summed E-state index contributed by atoms with van der Waals surface area (Å²) in [6.07, 6.45) is 3.02. The summed E-state index contributed by atoms with van der Waals surface area (Å²) < 4.78 is 0. The maximum absolute atomic E-state index is 15.0. The fraction of sp³-hybridized carbons (Fsp3) is 0.118. The third-order valence-electron chi connectivity index (χ3n) is 15.4. The minimum absolute atomic E-state index is 0.306. The van der Waals surface area contributed by atoms with E-state index in [0.717, 1.165) is 102 Å². The van der Waals surface area contributed by atoms with Gasteiger partial charge in [0.2, 0.25) is 0 Å². The highest BCUT2D eigenvalue weighted by molar-refractivity contribution is 6.44. The zero-order valence-corrected chi connectivity index (χ0v) is 42.3. The third kappa shape index (κ3) is 7.35. The molecule has 2 aliphatic heterocycles. The van der Waals surface area contributed by atoms with Crippen LogP contribution in [0.3, 0.4) is 0 Å². The van der Waals surface area contributed by atoms with Gasteiger partial charge in [-0.05, 0) is 164 Å². The van der Waals surface area contributed by atoms with Gasteiger partial charge < -0.3 is 9.80 Å². The maximum Gasteiger partial charge on any atom is 0.261 e. The first-order valence-corrected chi connectivity index (χ1v) is 26.4. The number of nitrogens with zero attached hydrogens (tertiary/aromatic N) is 4. The van der Waals surface area contributed by atoms with Crippen molar-refractivity contribution in [2.75, 3.05) is 22.9 Å². The second-order valence-electron chi connectivity index (χ2n) is 19.9. The lowest BCUT2D eigenvalue weighted by Gasteiger charge is -2.32. The van der Waals surface area contributed by atoms with Crippen LogP contribution in [-0.4, -0.2) is 46.5 Å². The number of hydrogen-bond donors (Lipinski definition) is 0. The summed E-state index contributed by atoms with van der Waals surface area (Å²) >= 11 is 0. The van der Waals surface area contributed by atoms with Crippen molar-refractivity contribution < 1.29 is 19.2 Å². The van der Waals surface area contributed by atoms with E-state index in [4.69, 9.17) is 0 Å². The number of para-hydroxylation sites is 4. The predicted molar refractivity (Wildman–Crippen MR) is 308 cm³/mol. The van der Waals surface area contributed by atoms with Gasteiger partial charge in [0, 0.05) is 80.2 Å². The molecule has 0 saturated heterocycles. The molecule has 8 nitrogen and oxygen atoms in total. The Hall–Kier alpha value is -9.40. The van der Waals surface area contributed by atoms with Crippen LogP contribution in [-0.2, 0) is 0 Å². The number of amides is 4. The Kier molecular flexibility index (Phi) is 11.5. The van der Waals surface area contributed by atoms with Crippen LogP contribution in [0.5, 0.6) is 0 Å². The largest absolute Gasteiger partial charge is 0.311 e. The van der Waals surface area contributed by atoms with Crippen molar-refractivity contribution in [1.82, 2.24) is 9.80 Å². The Labute approximate surface area is 441 Å². The van der Waals surface area contributed by atoms with Crippen molar-refractivity contribution in [2.24, 2.45) is 0 Å². The zero-order valence-electron chi connectivity index (χ0n) is 42.3. The van der Waals surface area contributed by atoms with Crippen LogP contribution in [0.4, 0.5) is 34.1 Å². The number of fused-ring (bicyclic) bond motifs is 2. The molecule has 2 aliphatic rings. The Morgan fingerprint density at radius 3 is 0.921 bits per heavy atom. The van der Waals surface area contributed by atoms with E-state index in [1.807, 2.05) is 109 Å². The van der Waals surface area contributed by atoms with Gasteiger partial charge in [-0.2, -0.15) is 0 Å². The average Bonchev–Trinajstić information content (AvgIpc) is 3.66. The van der Waals surface area contributed by atoms with Crippen LogP contribution in [0.15, 0.2) is 206 Å². The van der Waals surface area contributed by atoms with Crippen molar-refractivity contribution in [3.8, 4) is 22.3 Å². The quantitative estimate of drug-likeness (QED) is 0.0613. The molecule has 0 N–H and O–H groups in total. The molecular weight excluding hydrogens is 937 g/mol. The van der Waals surface area contributed by atoms with Gasteiger partial charge in [-0.15, -0.1) is 0 Å². The third-order valence-corrected chi connectivity index (χ3v) is 15.4. The molecule has 11 aromatic rings. The fourth-order valence-electron chi connectivity index (χ4n) is 11.8. The van der Waals surface area contributed by atoms with Crippen LogP contribution >= 0.6 is 0 Å². The molecule has 0 atom stereocenters. The summed E-state index contributed by atoms with van der Waals surface area (Å²) in [6, 6.07) is 69.7. The number of hydrogen-bond acceptors (Lipinski definition) is 6. The normalized spacial score (nSPS) is 13.2. The summed E-state index contributed by atoms with van der Waals surface area (Å²) in [6.45, 7) is 4.74. The molecule has 368 valence electrons. The molecule has 8 heteroatoms. The topological polar surface area (TPSA) is 81.2 Å². The number of carbonyl (C=O) groups is 4. The molecule has 0 spiro atoms. The van der Waals surface area contributed by atoms with E-state index >= 15 is 9.59 Å². The number of imide groups is 2. The molecule has 0 aromatic heterocycles. The molecule has 0 aliphatic carbocycles. The lowest BCUT2D eigenvalue weighted by atomic mass is 9.78. The highest BCUT2D eigenvalue weighted by Crippen LogP contribution is 2.52. The standard InChI is InChI=1S/C68H52N4O4/c1-3-5-39-69-65(73)53-37-35-51-60-56(44-29-33-50(34-30-44)72(47-23-15-9-16-24-47)48-25-17-10-18-26-48)42-58-62-54(66(74)70(68(58)76)40-6-4-2)38-36-52(64(60)62)59-55(41-57(67(69)75)61(53)63(51)59)43-27-31-49(32-28-43)71(45-19-11-7-12-20-45)46-21-13-8-14-22-46/h7-38,41-42H,3-6,39-40H2,1-2H3. The molecular formula is C68H52N4O4. The fourth-order valence-corrected chi connectivity index (χ4v) is 11.8. The minimum atomic E-state index is -0.316. The van der Waals surface area contributed by atoms with E-state index < -0.39 is 0 Å². The van der Waals surface area contributed by atoms with E-state index in [1.165, 1.54) is 9.80 Å². The van der Waals surface area contributed by atoms with Crippen LogP contribution < -0.4 is 9.80 Å². The van der Waals surface area contributed by atoms with E-state index in [1.54, 1.807) is 0 Å². The van der Waals surface area contributed by atoms with Gasteiger partial charge in [0.1, 0.15) is 0 Å². The van der Waals surface area contributed by atoms with E-state index in [0.29, 0.717) is 59.0 Å². The Balaban J connectivity index is 1.10. The number of unbranched alkanes of at least 4 members (excludes halogenated alkanes) is 2. The van der Waals surface area contributed by atoms with E-state index in [9.17, 15) is 9.59 Å². The maximum atomic E-state index is 15.0. The smallest absolute Gasteiger partial charge is 0.261 e. The highest BCUT2D eigenvalue weighted by Gasteiger charge is 2.38. The van der Waals surface area contributed by atoms with Gasteiger partial charge in [-0.3, -0.25) is 29.0 Å². The number of anilines is 6. The first-order chi connectivity index (χ1) is 37.3. The van der Waals surface area contributed by atoms with Crippen LogP contribution in [0.25, 0.3) is 65.3 Å². The van der Waals surface area contributed by atoms with Crippen molar-refractivity contribution in [3.05, 3.63) is 229 Å². The molecule has 76 heavy (non-hydrogen) atoms. The summed E-state index contributed by atoms with van der Waals surface area (Å²) in [5, 5.41) is 6.19. The van der Waals surface area contributed by atoms with Crippen molar-refractivity contribution in [2.45, 2.75) is 39.5 Å². The number of benzene rings is 11. The van der Waals surface area contributed by atoms with Gasteiger partial charge in [-0.25, -0.2) is 0 Å². The van der Waals surface area contributed by atoms with Gasteiger partial charge in [0.15, 0.2) is 0 Å². The molecule has 0 saturated carbocycles. The Bertz CT molecular complexity index is 3740. The second-order valence-corrected chi connectivity index (χ2v) is 19.9. The molecule has 2 heterocycles. The van der Waals surface area contributed by atoms with E-state index in [2.05, 4.69) is 121 Å². The summed E-state index contributed by atoms with van der Waals surface area (Å²) in [5.41, 5.74) is 11.2. The Morgan fingerprint density at radius 1 is 0.303 bits per heavy atom. The van der Waals surface area contributed by atoms with Crippen molar-refractivity contribution in [3.63, 3.8) is 0 Å². The lowest BCUT2D eigenvalue weighted by molar-refractivity contribution is 0.0593. The van der Waals surface area contributed by atoms with Gasteiger partial charge >= 0.3 is 0 Å². The van der Waals surface area contributed by atoms with Crippen molar-refractivity contribution >= 4 is 101 Å². The Morgan fingerprint density at radius 2 is 0.605 bits per heavy atom. The second kappa shape index (κ2) is 18.8. The van der Waals surface area contributed by atoms with Gasteiger partial charge in [-0.1, -0.05) is 136 Å². The van der Waals surface area contributed by atoms with Crippen LogP contribution in [0.2, 0.25) is 0 Å². The molecule has 4 amide bonds. The minimum Gasteiger partial charge on any atom is -0.311 e. The summed E-state index contributed by atoms with van der Waals surface area (Å²) in [5.74, 6) is -1.25. The zero-order chi connectivity index (χ0) is 51.6. The summed E-state index contributed by atoms with van der Waals surface area (Å²) in [7, 11) is 0. The number of carbonyl (C=O) groups excluding carboxylic acids is 4. The predicted octanol–water partition coefficient (Wildman–Crippen LogP) is 16.8. The van der Waals surface area contributed by atoms with Crippen LogP contribution in [0.1, 0.15) is 81.0 Å². The molecule has 13 rings (SSSR count). The first kappa shape index (κ1) is 46.4. The molecule has 0 fully saturated rings. The lowest BCUT2D eigenvalue weighted by Crippen LogP contribution is -2.41. The first-order valence-electron chi connectivity index (χ1n) is 26.4. The number of rotatable bonds is 14. The monoisotopic (exact) mass is 988 g/mol. The van der Waals surface area contributed by atoms with Gasteiger partial charge in [0.05, 0.1) is 0 Å². The van der Waals surface area contributed by atoms with Crippen LogP contribution in [0, 0.1) is 0 Å². The van der Waals surface area contributed by atoms with E-state index in [-0.39, 0.29) is 23.6 Å². The molecule has 11 aromatic carbocycles. The average molecular weight is 989 g/mol. The van der Waals surface area contributed by atoms with Crippen molar-refractivity contribution in [1.29, 1.82) is 0 Å². The molecule has 0 bridgehead atoms. The highest BCUT2D eigenvalue weighted by atomic mass is 16.2. The van der Waals surface area contributed by atoms with Gasteiger partial charge in [0.25, 0.3) is 23.6 Å². The summed E-state index contributed by atoms with van der Waals surface area (Å²) in [4.78, 5) is 66.7. The molecule has 0 unspecified atom stereocenters. The molecule has 0 radical (unpaired) electrons.